The van der Waals surface area contributed by atoms with Gasteiger partial charge >= 0.3 is 0 Å². The van der Waals surface area contributed by atoms with Gasteiger partial charge in [0.15, 0.2) is 17.6 Å². The van der Waals surface area contributed by atoms with E-state index in [1.165, 1.54) is 0 Å². The van der Waals surface area contributed by atoms with Crippen molar-refractivity contribution in [3.8, 4) is 11.5 Å². The number of likely N-dealkylation sites (N-methyl/N-ethyl adjacent to an activating group) is 1. The Morgan fingerprint density at radius 1 is 1.38 bits per heavy atom. The van der Waals surface area contributed by atoms with Crippen LogP contribution in [0.2, 0.25) is 0 Å². The largest absolute Gasteiger partial charge is 0.486 e. The van der Waals surface area contributed by atoms with Crippen LogP contribution in [-0.4, -0.2) is 42.5 Å². The summed E-state index contributed by atoms with van der Waals surface area (Å²) in [7, 11) is 0. The van der Waals surface area contributed by atoms with Crippen molar-refractivity contribution in [1.82, 2.24) is 4.90 Å². The molecule has 1 aromatic rings. The SMILES string of the molecule is CCN(CC1COc2ccccc2O1)C(=O)C(C)(C)CCl. The van der Waals surface area contributed by atoms with E-state index in [1.54, 1.807) is 4.90 Å². The van der Waals surface area contributed by atoms with Crippen LogP contribution < -0.4 is 9.47 Å². The smallest absolute Gasteiger partial charge is 0.229 e. The van der Waals surface area contributed by atoms with E-state index in [4.69, 9.17) is 21.1 Å². The number of rotatable bonds is 5. The molecule has 1 heterocycles. The molecular formula is C16H22ClNO3. The Morgan fingerprint density at radius 2 is 2.05 bits per heavy atom. The van der Waals surface area contributed by atoms with Crippen LogP contribution in [-0.2, 0) is 4.79 Å². The Balaban J connectivity index is 2.02. The third-order valence-corrected chi connectivity index (χ3v) is 4.24. The maximum Gasteiger partial charge on any atom is 0.229 e. The molecule has 2 rings (SSSR count). The first kappa shape index (κ1) is 16.0. The Labute approximate surface area is 131 Å². The van der Waals surface area contributed by atoms with E-state index in [9.17, 15) is 4.79 Å². The molecule has 0 spiro atoms. The third kappa shape index (κ3) is 3.62. The predicted octanol–water partition coefficient (Wildman–Crippen LogP) is 2.94. The molecule has 0 aromatic heterocycles. The fourth-order valence-electron chi connectivity index (χ4n) is 2.24. The summed E-state index contributed by atoms with van der Waals surface area (Å²) in [5, 5.41) is 0. The van der Waals surface area contributed by atoms with Gasteiger partial charge in [-0.3, -0.25) is 4.79 Å². The Bertz CT molecular complexity index is 504. The molecule has 1 unspecified atom stereocenters. The number of alkyl halides is 1. The van der Waals surface area contributed by atoms with E-state index in [0.29, 0.717) is 25.6 Å². The first-order chi connectivity index (χ1) is 9.97. The lowest BCUT2D eigenvalue weighted by Gasteiger charge is -2.34. The number of amides is 1. The highest BCUT2D eigenvalue weighted by molar-refractivity contribution is 6.19. The van der Waals surface area contributed by atoms with Crippen LogP contribution in [0.15, 0.2) is 24.3 Å². The molecule has 1 aliphatic heterocycles. The van der Waals surface area contributed by atoms with E-state index >= 15 is 0 Å². The van der Waals surface area contributed by atoms with Gasteiger partial charge in [0.25, 0.3) is 0 Å². The van der Waals surface area contributed by atoms with E-state index in [2.05, 4.69) is 0 Å². The summed E-state index contributed by atoms with van der Waals surface area (Å²) >= 11 is 5.90. The fourth-order valence-corrected chi connectivity index (χ4v) is 2.35. The van der Waals surface area contributed by atoms with E-state index in [-0.39, 0.29) is 12.0 Å². The summed E-state index contributed by atoms with van der Waals surface area (Å²) in [6.45, 7) is 7.25. The van der Waals surface area contributed by atoms with Crippen LogP contribution >= 0.6 is 11.6 Å². The molecule has 0 saturated heterocycles. The molecule has 116 valence electrons. The van der Waals surface area contributed by atoms with Gasteiger partial charge in [0.1, 0.15) is 6.61 Å². The first-order valence-corrected chi connectivity index (χ1v) is 7.75. The number of benzene rings is 1. The Kier molecular flexibility index (Phi) is 4.99. The lowest BCUT2D eigenvalue weighted by atomic mass is 9.94. The molecule has 0 aliphatic carbocycles. The molecular weight excluding hydrogens is 290 g/mol. The summed E-state index contributed by atoms with van der Waals surface area (Å²) in [5.41, 5.74) is -0.564. The molecule has 0 N–H and O–H groups in total. The van der Waals surface area contributed by atoms with E-state index in [0.717, 1.165) is 11.5 Å². The minimum Gasteiger partial charge on any atom is -0.486 e. The van der Waals surface area contributed by atoms with Gasteiger partial charge in [0.05, 0.1) is 12.0 Å². The van der Waals surface area contributed by atoms with Crippen molar-refractivity contribution in [3.05, 3.63) is 24.3 Å². The van der Waals surface area contributed by atoms with Crippen molar-refractivity contribution in [2.24, 2.45) is 5.41 Å². The van der Waals surface area contributed by atoms with Gasteiger partial charge < -0.3 is 14.4 Å². The number of hydrogen-bond acceptors (Lipinski definition) is 3. The summed E-state index contributed by atoms with van der Waals surface area (Å²) < 4.78 is 11.6. The van der Waals surface area contributed by atoms with Gasteiger partial charge in [-0.15, -0.1) is 11.6 Å². The second-order valence-corrected chi connectivity index (χ2v) is 6.13. The molecule has 0 bridgehead atoms. The summed E-state index contributed by atoms with van der Waals surface area (Å²) in [6, 6.07) is 7.57. The molecule has 1 amide bonds. The second kappa shape index (κ2) is 6.56. The molecule has 0 fully saturated rings. The molecule has 21 heavy (non-hydrogen) atoms. The average molecular weight is 312 g/mol. The maximum absolute atomic E-state index is 12.5. The van der Waals surface area contributed by atoms with E-state index < -0.39 is 5.41 Å². The number of para-hydroxylation sites is 2. The normalized spacial score (nSPS) is 17.4. The molecule has 0 radical (unpaired) electrons. The molecule has 1 atom stereocenters. The van der Waals surface area contributed by atoms with Gasteiger partial charge in [-0.25, -0.2) is 0 Å². The van der Waals surface area contributed by atoms with Crippen molar-refractivity contribution in [3.63, 3.8) is 0 Å². The van der Waals surface area contributed by atoms with Gasteiger partial charge in [-0.1, -0.05) is 12.1 Å². The van der Waals surface area contributed by atoms with Crippen molar-refractivity contribution in [1.29, 1.82) is 0 Å². The number of halogens is 1. The molecule has 1 aromatic carbocycles. The van der Waals surface area contributed by atoms with Gasteiger partial charge in [-0.05, 0) is 32.9 Å². The van der Waals surface area contributed by atoms with Crippen LogP contribution in [0.25, 0.3) is 0 Å². The fraction of sp³-hybridized carbons (Fsp3) is 0.562. The molecule has 5 heteroatoms. The second-order valence-electron chi connectivity index (χ2n) is 5.86. The predicted molar refractivity (Wildman–Crippen MR) is 83.1 cm³/mol. The van der Waals surface area contributed by atoms with Crippen LogP contribution in [0.4, 0.5) is 0 Å². The van der Waals surface area contributed by atoms with Gasteiger partial charge in [0, 0.05) is 12.4 Å². The Hall–Kier alpha value is -1.42. The maximum atomic E-state index is 12.5. The number of fused-ring (bicyclic) bond motifs is 1. The van der Waals surface area contributed by atoms with Crippen molar-refractivity contribution in [2.45, 2.75) is 26.9 Å². The zero-order valence-corrected chi connectivity index (χ0v) is 13.5. The monoisotopic (exact) mass is 311 g/mol. The molecule has 4 nitrogen and oxygen atoms in total. The van der Waals surface area contributed by atoms with Gasteiger partial charge in [0.2, 0.25) is 5.91 Å². The molecule has 1 aliphatic rings. The number of hydrogen-bond donors (Lipinski definition) is 0. The number of nitrogens with zero attached hydrogens (tertiary/aromatic N) is 1. The lowest BCUT2D eigenvalue weighted by molar-refractivity contribution is -0.140. The Morgan fingerprint density at radius 3 is 2.67 bits per heavy atom. The first-order valence-electron chi connectivity index (χ1n) is 7.21. The minimum atomic E-state index is -0.564. The van der Waals surface area contributed by atoms with Crippen molar-refractivity contribution in [2.75, 3.05) is 25.6 Å². The summed E-state index contributed by atoms with van der Waals surface area (Å²) in [4.78, 5) is 14.3. The standard InChI is InChI=1S/C16H22ClNO3/c1-4-18(15(19)16(2,3)11-17)9-12-10-20-13-7-5-6-8-14(13)21-12/h5-8,12H,4,9-11H2,1-3H3. The summed E-state index contributed by atoms with van der Waals surface area (Å²) in [6.07, 6.45) is -0.157. The summed E-state index contributed by atoms with van der Waals surface area (Å²) in [5.74, 6) is 1.83. The lowest BCUT2D eigenvalue weighted by Crippen LogP contribution is -2.48. The van der Waals surface area contributed by atoms with Crippen LogP contribution in [0.3, 0.4) is 0 Å². The van der Waals surface area contributed by atoms with Crippen molar-refractivity contribution >= 4 is 17.5 Å². The number of carbonyl (C=O) groups is 1. The van der Waals surface area contributed by atoms with Crippen LogP contribution in [0.1, 0.15) is 20.8 Å². The zero-order chi connectivity index (χ0) is 15.5. The van der Waals surface area contributed by atoms with E-state index in [1.807, 2.05) is 45.0 Å². The third-order valence-electron chi connectivity index (χ3n) is 3.57. The van der Waals surface area contributed by atoms with Gasteiger partial charge in [-0.2, -0.15) is 0 Å². The minimum absolute atomic E-state index is 0.0439. The topological polar surface area (TPSA) is 38.8 Å². The average Bonchev–Trinajstić information content (AvgIpc) is 2.51. The number of ether oxygens (including phenoxy) is 2. The highest BCUT2D eigenvalue weighted by atomic mass is 35.5. The highest BCUT2D eigenvalue weighted by Crippen LogP contribution is 2.31. The number of carbonyl (C=O) groups excluding carboxylic acids is 1. The molecule has 0 saturated carbocycles. The quantitative estimate of drug-likeness (QED) is 0.785. The van der Waals surface area contributed by atoms with Crippen LogP contribution in [0, 0.1) is 5.41 Å². The zero-order valence-electron chi connectivity index (χ0n) is 12.8. The van der Waals surface area contributed by atoms with Crippen molar-refractivity contribution < 1.29 is 14.3 Å². The van der Waals surface area contributed by atoms with Crippen LogP contribution in [0.5, 0.6) is 11.5 Å². The highest BCUT2D eigenvalue weighted by Gasteiger charge is 2.33.